The fourth-order valence-corrected chi connectivity index (χ4v) is 3.87. The van der Waals surface area contributed by atoms with Gasteiger partial charge >= 0.3 is 0 Å². The second-order valence-corrected chi connectivity index (χ2v) is 8.42. The number of pyridine rings is 1. The van der Waals surface area contributed by atoms with E-state index in [4.69, 9.17) is 0 Å². The van der Waals surface area contributed by atoms with Gasteiger partial charge in [-0.25, -0.2) is 8.42 Å². The van der Waals surface area contributed by atoms with Crippen LogP contribution in [0.5, 0.6) is 0 Å². The first-order valence-corrected chi connectivity index (χ1v) is 10.2. The normalized spacial score (nSPS) is 18.1. The van der Waals surface area contributed by atoms with Gasteiger partial charge in [0.05, 0.1) is 11.8 Å². The maximum absolute atomic E-state index is 13.0. The van der Waals surface area contributed by atoms with Gasteiger partial charge in [0.2, 0.25) is 0 Å². The monoisotopic (exact) mass is 359 g/mol. The largest absolute Gasteiger partial charge is 0.329 e. The van der Waals surface area contributed by atoms with Crippen molar-refractivity contribution >= 4 is 15.7 Å². The summed E-state index contributed by atoms with van der Waals surface area (Å²) >= 11 is 0. The molecule has 1 fully saturated rings. The third-order valence-electron chi connectivity index (χ3n) is 4.18. The summed E-state index contributed by atoms with van der Waals surface area (Å²) in [6.45, 7) is 1.99. The number of sulfone groups is 1. The van der Waals surface area contributed by atoms with E-state index in [1.807, 2.05) is 17.0 Å². The fraction of sp³-hybridized carbons (Fsp3) is 0.333. The smallest absolute Gasteiger partial charge is 0.254 e. The number of aromatic nitrogens is 1. The molecule has 1 saturated heterocycles. The van der Waals surface area contributed by atoms with E-state index in [1.165, 1.54) is 6.26 Å². The van der Waals surface area contributed by atoms with Crippen molar-refractivity contribution in [3.05, 3.63) is 65.5 Å². The van der Waals surface area contributed by atoms with Crippen LogP contribution in [0.3, 0.4) is 0 Å². The molecule has 1 aromatic heterocycles. The summed E-state index contributed by atoms with van der Waals surface area (Å²) in [7, 11) is -3.14. The zero-order valence-electron chi connectivity index (χ0n) is 14.1. The van der Waals surface area contributed by atoms with Crippen LogP contribution < -0.4 is 5.32 Å². The molecule has 0 radical (unpaired) electrons. The summed E-state index contributed by atoms with van der Waals surface area (Å²) < 4.78 is 23.0. The van der Waals surface area contributed by atoms with Gasteiger partial charge in [-0.2, -0.15) is 0 Å². The zero-order valence-corrected chi connectivity index (χ0v) is 14.9. The summed E-state index contributed by atoms with van der Waals surface area (Å²) in [5.41, 5.74) is 2.12. The number of piperazine rings is 1. The first-order valence-electron chi connectivity index (χ1n) is 8.12. The SMILES string of the molecule is CS(=O)(=O)Cc1cccc(C(=O)N2CCNCC2c2cccnc2)c1. The van der Waals surface area contributed by atoms with Gasteiger partial charge in [0.15, 0.2) is 9.84 Å². The number of carbonyl (C=O) groups is 1. The van der Waals surface area contributed by atoms with Gasteiger partial charge in [0, 0.05) is 43.8 Å². The van der Waals surface area contributed by atoms with E-state index in [1.54, 1.807) is 36.7 Å². The van der Waals surface area contributed by atoms with E-state index in [2.05, 4.69) is 10.3 Å². The second kappa shape index (κ2) is 7.33. The molecular weight excluding hydrogens is 338 g/mol. The molecule has 0 saturated carbocycles. The first-order chi connectivity index (χ1) is 11.9. The quantitative estimate of drug-likeness (QED) is 0.893. The Bertz CT molecular complexity index is 853. The zero-order chi connectivity index (χ0) is 17.9. The predicted octanol–water partition coefficient (Wildman–Crippen LogP) is 1.41. The molecule has 0 spiro atoms. The van der Waals surface area contributed by atoms with Crippen molar-refractivity contribution in [3.63, 3.8) is 0 Å². The highest BCUT2D eigenvalue weighted by molar-refractivity contribution is 7.89. The number of hydrogen-bond donors (Lipinski definition) is 1. The molecule has 1 aliphatic rings. The fourth-order valence-electron chi connectivity index (χ4n) is 3.08. The van der Waals surface area contributed by atoms with Crippen LogP contribution in [0.25, 0.3) is 0 Å². The molecular formula is C18H21N3O3S. The molecule has 6 nitrogen and oxygen atoms in total. The van der Waals surface area contributed by atoms with E-state index < -0.39 is 9.84 Å². The summed E-state index contributed by atoms with van der Waals surface area (Å²) in [6, 6.07) is 10.6. The van der Waals surface area contributed by atoms with E-state index in [0.29, 0.717) is 24.2 Å². The Morgan fingerprint density at radius 3 is 2.88 bits per heavy atom. The number of nitrogens with one attached hydrogen (secondary N) is 1. The lowest BCUT2D eigenvalue weighted by Gasteiger charge is -2.36. The standard InChI is InChI=1S/C18H21N3O3S/c1-25(23,24)13-14-4-2-5-15(10-14)18(22)21-9-8-20-12-17(21)16-6-3-7-19-11-16/h2-7,10-11,17,20H,8-9,12-13H2,1H3. The van der Waals surface area contributed by atoms with E-state index >= 15 is 0 Å². The van der Waals surface area contributed by atoms with Gasteiger partial charge in [-0.15, -0.1) is 0 Å². The Kier molecular flexibility index (Phi) is 5.15. The van der Waals surface area contributed by atoms with Gasteiger partial charge in [-0.3, -0.25) is 9.78 Å². The highest BCUT2D eigenvalue weighted by Crippen LogP contribution is 2.24. The molecule has 132 valence electrons. The summed E-state index contributed by atoms with van der Waals surface area (Å²) in [6.07, 6.45) is 4.68. The average Bonchev–Trinajstić information content (AvgIpc) is 2.61. The number of carbonyl (C=O) groups excluding carboxylic acids is 1. The molecule has 1 amide bonds. The first kappa shape index (κ1) is 17.6. The third kappa shape index (κ3) is 4.43. The van der Waals surface area contributed by atoms with Crippen LogP contribution in [0.2, 0.25) is 0 Å². The summed E-state index contributed by atoms with van der Waals surface area (Å²) in [5.74, 6) is -0.160. The van der Waals surface area contributed by atoms with E-state index in [0.717, 1.165) is 12.1 Å². The Labute approximate surface area is 147 Å². The maximum atomic E-state index is 13.0. The van der Waals surface area contributed by atoms with Crippen LogP contribution in [-0.4, -0.2) is 50.1 Å². The number of rotatable bonds is 4. The molecule has 3 rings (SSSR count). The number of hydrogen-bond acceptors (Lipinski definition) is 5. The predicted molar refractivity (Wildman–Crippen MR) is 95.9 cm³/mol. The molecule has 1 unspecified atom stereocenters. The lowest BCUT2D eigenvalue weighted by Crippen LogP contribution is -2.48. The van der Waals surface area contributed by atoms with Crippen molar-refractivity contribution in [2.75, 3.05) is 25.9 Å². The minimum absolute atomic E-state index is 0.0677. The van der Waals surface area contributed by atoms with Crippen LogP contribution in [0.4, 0.5) is 0 Å². The minimum Gasteiger partial charge on any atom is -0.329 e. The van der Waals surface area contributed by atoms with Gasteiger partial charge in [-0.05, 0) is 29.3 Å². The van der Waals surface area contributed by atoms with Gasteiger partial charge in [0.1, 0.15) is 0 Å². The van der Waals surface area contributed by atoms with Crippen LogP contribution in [-0.2, 0) is 15.6 Å². The van der Waals surface area contributed by atoms with E-state index in [-0.39, 0.29) is 17.7 Å². The highest BCUT2D eigenvalue weighted by atomic mass is 32.2. The number of benzene rings is 1. The van der Waals surface area contributed by atoms with Crippen LogP contribution in [0.15, 0.2) is 48.8 Å². The Morgan fingerprint density at radius 2 is 2.16 bits per heavy atom. The third-order valence-corrected chi connectivity index (χ3v) is 5.03. The molecule has 0 bridgehead atoms. The van der Waals surface area contributed by atoms with Gasteiger partial charge in [0.25, 0.3) is 5.91 Å². The van der Waals surface area contributed by atoms with E-state index in [9.17, 15) is 13.2 Å². The molecule has 2 heterocycles. The second-order valence-electron chi connectivity index (χ2n) is 6.28. The highest BCUT2D eigenvalue weighted by Gasteiger charge is 2.28. The topological polar surface area (TPSA) is 79.4 Å². The van der Waals surface area contributed by atoms with Gasteiger partial charge in [-0.1, -0.05) is 18.2 Å². The molecule has 1 N–H and O–H groups in total. The van der Waals surface area contributed by atoms with Crippen molar-refractivity contribution in [3.8, 4) is 0 Å². The molecule has 1 atom stereocenters. The van der Waals surface area contributed by atoms with Crippen molar-refractivity contribution in [2.24, 2.45) is 0 Å². The molecule has 7 heteroatoms. The lowest BCUT2D eigenvalue weighted by atomic mass is 10.0. The Hall–Kier alpha value is -2.25. The molecule has 25 heavy (non-hydrogen) atoms. The van der Waals surface area contributed by atoms with Gasteiger partial charge < -0.3 is 10.2 Å². The lowest BCUT2D eigenvalue weighted by molar-refractivity contribution is 0.0634. The Balaban J connectivity index is 1.87. The van der Waals surface area contributed by atoms with Crippen molar-refractivity contribution < 1.29 is 13.2 Å². The summed E-state index contributed by atoms with van der Waals surface area (Å²) in [4.78, 5) is 19.0. The van der Waals surface area contributed by atoms with Crippen LogP contribution in [0, 0.1) is 0 Å². The average molecular weight is 359 g/mol. The van der Waals surface area contributed by atoms with Crippen LogP contribution in [0.1, 0.15) is 27.5 Å². The Morgan fingerprint density at radius 1 is 1.32 bits per heavy atom. The van der Waals surface area contributed by atoms with Crippen LogP contribution >= 0.6 is 0 Å². The summed E-state index contributed by atoms with van der Waals surface area (Å²) in [5, 5.41) is 3.31. The van der Waals surface area contributed by atoms with Crippen molar-refractivity contribution in [1.82, 2.24) is 15.2 Å². The number of amides is 1. The molecule has 0 aliphatic carbocycles. The molecule has 2 aromatic rings. The minimum atomic E-state index is -3.14. The molecule has 1 aromatic carbocycles. The van der Waals surface area contributed by atoms with Crippen molar-refractivity contribution in [1.29, 1.82) is 0 Å². The number of nitrogens with zero attached hydrogens (tertiary/aromatic N) is 2. The maximum Gasteiger partial charge on any atom is 0.254 e. The van der Waals surface area contributed by atoms with Crippen molar-refractivity contribution in [2.45, 2.75) is 11.8 Å². The molecule has 1 aliphatic heterocycles.